The first-order chi connectivity index (χ1) is 14.2. The largest absolute Gasteiger partial charge is 0.474 e. The van der Waals surface area contributed by atoms with Gasteiger partial charge in [0.05, 0.1) is 4.90 Å². The van der Waals surface area contributed by atoms with Crippen LogP contribution in [0.2, 0.25) is 5.02 Å². The number of carbonyl (C=O) groups excluding carboxylic acids is 1. The predicted octanol–water partition coefficient (Wildman–Crippen LogP) is 1.33. The molecule has 2 bridgehead atoms. The van der Waals surface area contributed by atoms with E-state index in [0.717, 1.165) is 6.42 Å². The molecule has 2 aromatic rings. The Morgan fingerprint density at radius 2 is 1.77 bits per heavy atom. The number of likely N-dealkylation sites (tertiary alicyclic amines) is 1. The molecule has 1 saturated heterocycles. The number of sulfonamides is 1. The number of amides is 1. The summed E-state index contributed by atoms with van der Waals surface area (Å²) in [4.78, 5) is 37.1. The maximum atomic E-state index is 13.0. The molecule has 2 aliphatic rings. The number of halogens is 1. The molecule has 3 heterocycles. The third kappa shape index (κ3) is 3.68. The number of carboxylic acids is 1. The lowest BCUT2D eigenvalue weighted by atomic mass is 9.83. The number of benzene rings is 1. The number of aliphatic carboxylic acids is 1. The van der Waals surface area contributed by atoms with Crippen LogP contribution in [-0.2, 0) is 26.2 Å². The highest BCUT2D eigenvalue weighted by Crippen LogP contribution is 2.35. The molecule has 158 valence electrons. The minimum Gasteiger partial charge on any atom is -0.474 e. The molecule has 0 aliphatic carbocycles. The van der Waals surface area contributed by atoms with E-state index in [-0.39, 0.29) is 42.1 Å². The Kier molecular flexibility index (Phi) is 5.07. The Balaban J connectivity index is 1.63. The van der Waals surface area contributed by atoms with E-state index in [4.69, 9.17) is 16.7 Å². The average Bonchev–Trinajstić information content (AvgIpc) is 2.70. The topological polar surface area (TPSA) is 126 Å². The number of nitrogens with zero attached hydrogens (tertiary/aromatic N) is 2. The summed E-state index contributed by atoms with van der Waals surface area (Å²) in [5.41, 5.74) is 0.110. The van der Waals surface area contributed by atoms with Crippen molar-refractivity contribution in [1.29, 1.82) is 0 Å². The molecule has 1 aromatic heterocycles. The van der Waals surface area contributed by atoms with Crippen molar-refractivity contribution in [3.8, 4) is 0 Å². The van der Waals surface area contributed by atoms with E-state index in [1.165, 1.54) is 39.8 Å². The van der Waals surface area contributed by atoms with E-state index in [0.29, 0.717) is 10.7 Å². The van der Waals surface area contributed by atoms with Gasteiger partial charge in [-0.3, -0.25) is 14.3 Å². The number of aromatic nitrogens is 1. The van der Waals surface area contributed by atoms with Gasteiger partial charge in [0.15, 0.2) is 0 Å². The third-order valence-corrected chi connectivity index (χ3v) is 7.08. The van der Waals surface area contributed by atoms with Crippen LogP contribution in [0.1, 0.15) is 18.0 Å². The zero-order valence-corrected chi connectivity index (χ0v) is 17.2. The summed E-state index contributed by atoms with van der Waals surface area (Å²) in [6.45, 7) is 0.732. The second-order valence-electron chi connectivity index (χ2n) is 7.46. The van der Waals surface area contributed by atoms with Gasteiger partial charge in [0.2, 0.25) is 0 Å². The molecule has 0 unspecified atom stereocenters. The number of fused-ring (bicyclic) bond motifs is 4. The lowest BCUT2D eigenvalue weighted by molar-refractivity contribution is -0.157. The number of piperidine rings is 1. The lowest BCUT2D eigenvalue weighted by Gasteiger charge is -2.42. The van der Waals surface area contributed by atoms with E-state index in [1.807, 2.05) is 0 Å². The molecule has 0 saturated carbocycles. The van der Waals surface area contributed by atoms with E-state index in [9.17, 15) is 22.8 Å². The molecular weight excluding hydrogens is 434 g/mol. The van der Waals surface area contributed by atoms with Crippen molar-refractivity contribution in [3.05, 3.63) is 57.5 Å². The quantitative estimate of drug-likeness (QED) is 0.678. The van der Waals surface area contributed by atoms with Crippen molar-refractivity contribution in [3.63, 3.8) is 0 Å². The van der Waals surface area contributed by atoms with Crippen LogP contribution in [0.3, 0.4) is 0 Å². The molecule has 9 nitrogen and oxygen atoms in total. The van der Waals surface area contributed by atoms with E-state index in [1.54, 1.807) is 6.07 Å². The summed E-state index contributed by atoms with van der Waals surface area (Å²) < 4.78 is 29.1. The first kappa shape index (κ1) is 20.4. The molecule has 1 amide bonds. The monoisotopic (exact) mass is 451 g/mol. The SMILES string of the molecule is O=C(O)C(=O)N1C[C@@H]2C[C@H](C1)c1ccc(NS(=O)(=O)c3ccc(Cl)cc3)c(=O)n1C2. The fourth-order valence-electron chi connectivity index (χ4n) is 4.14. The summed E-state index contributed by atoms with van der Waals surface area (Å²) in [7, 11) is -3.97. The smallest absolute Gasteiger partial charge is 0.394 e. The zero-order valence-electron chi connectivity index (χ0n) is 15.6. The molecule has 1 aromatic carbocycles. The first-order valence-corrected chi connectivity index (χ1v) is 11.1. The van der Waals surface area contributed by atoms with Gasteiger partial charge in [0.1, 0.15) is 5.69 Å². The number of carbonyl (C=O) groups is 2. The number of hydrogen-bond donors (Lipinski definition) is 2. The maximum absolute atomic E-state index is 13.0. The standard InChI is InChI=1S/C19H18ClN3O6S/c20-13-1-3-14(4-2-13)30(28,29)21-15-5-6-16-12-7-11(9-23(16)17(15)24)8-22(10-12)18(25)19(26)27/h1-6,11-12,21H,7-10H2,(H,26,27)/t11-,12+/m0/s1. The molecule has 1 fully saturated rings. The number of pyridine rings is 1. The Morgan fingerprint density at radius 1 is 1.07 bits per heavy atom. The summed E-state index contributed by atoms with van der Waals surface area (Å²) in [6.07, 6.45) is 0.735. The number of rotatable bonds is 3. The van der Waals surface area contributed by atoms with Gasteiger partial charge in [0, 0.05) is 36.3 Å². The van der Waals surface area contributed by atoms with Crippen molar-refractivity contribution in [2.45, 2.75) is 23.8 Å². The van der Waals surface area contributed by atoms with Crippen molar-refractivity contribution < 1.29 is 23.1 Å². The number of hydrogen-bond acceptors (Lipinski definition) is 5. The molecule has 0 spiro atoms. The molecule has 2 N–H and O–H groups in total. The van der Waals surface area contributed by atoms with E-state index < -0.39 is 27.5 Å². The predicted molar refractivity (Wildman–Crippen MR) is 108 cm³/mol. The van der Waals surface area contributed by atoms with Crippen molar-refractivity contribution in [2.24, 2.45) is 5.92 Å². The summed E-state index contributed by atoms with van der Waals surface area (Å²) in [5.74, 6) is -2.72. The fourth-order valence-corrected chi connectivity index (χ4v) is 5.33. The molecule has 11 heteroatoms. The van der Waals surface area contributed by atoms with Gasteiger partial charge in [-0.25, -0.2) is 13.2 Å². The van der Waals surface area contributed by atoms with Crippen molar-refractivity contribution >= 4 is 39.2 Å². The van der Waals surface area contributed by atoms with Crippen molar-refractivity contribution in [1.82, 2.24) is 9.47 Å². The highest BCUT2D eigenvalue weighted by molar-refractivity contribution is 7.92. The van der Waals surface area contributed by atoms with Crippen LogP contribution >= 0.6 is 11.6 Å². The Hall–Kier alpha value is -2.85. The zero-order chi connectivity index (χ0) is 21.6. The van der Waals surface area contributed by atoms with E-state index in [2.05, 4.69) is 4.72 Å². The van der Waals surface area contributed by atoms with Crippen LogP contribution in [0.4, 0.5) is 5.69 Å². The highest BCUT2D eigenvalue weighted by Gasteiger charge is 2.38. The number of anilines is 1. The minimum atomic E-state index is -3.97. The van der Waals surface area contributed by atoms with Gasteiger partial charge in [-0.05, 0) is 48.7 Å². The summed E-state index contributed by atoms with van der Waals surface area (Å²) in [6, 6.07) is 8.64. The molecule has 0 radical (unpaired) electrons. The molecule has 4 rings (SSSR count). The lowest BCUT2D eigenvalue weighted by Crippen LogP contribution is -2.51. The first-order valence-electron chi connectivity index (χ1n) is 9.20. The molecular formula is C19H18ClN3O6S. The number of nitrogens with one attached hydrogen (secondary N) is 1. The summed E-state index contributed by atoms with van der Waals surface area (Å²) >= 11 is 5.79. The van der Waals surface area contributed by atoms with Crippen molar-refractivity contribution in [2.75, 3.05) is 17.8 Å². The Morgan fingerprint density at radius 3 is 2.43 bits per heavy atom. The van der Waals surface area contributed by atoms with Crippen LogP contribution in [0.25, 0.3) is 0 Å². The minimum absolute atomic E-state index is 0.0197. The molecule has 2 atom stereocenters. The normalized spacial score (nSPS) is 20.4. The average molecular weight is 452 g/mol. The molecule has 2 aliphatic heterocycles. The van der Waals surface area contributed by atoms with Gasteiger partial charge in [0.25, 0.3) is 15.6 Å². The van der Waals surface area contributed by atoms with Crippen LogP contribution in [0, 0.1) is 5.92 Å². The Bertz CT molecular complexity index is 1190. The van der Waals surface area contributed by atoms with Gasteiger partial charge in [-0.2, -0.15) is 0 Å². The number of carboxylic acid groups (broad SMARTS) is 1. The molecule has 30 heavy (non-hydrogen) atoms. The fraction of sp³-hybridized carbons (Fsp3) is 0.316. The highest BCUT2D eigenvalue weighted by atomic mass is 35.5. The Labute approximate surface area is 176 Å². The van der Waals surface area contributed by atoms with E-state index >= 15 is 0 Å². The van der Waals surface area contributed by atoms with Crippen LogP contribution < -0.4 is 10.3 Å². The second-order valence-corrected chi connectivity index (χ2v) is 9.58. The third-order valence-electron chi connectivity index (χ3n) is 5.44. The van der Waals surface area contributed by atoms with Gasteiger partial charge in [-0.1, -0.05) is 11.6 Å². The summed E-state index contributed by atoms with van der Waals surface area (Å²) in [5, 5.41) is 9.36. The van der Waals surface area contributed by atoms with Crippen LogP contribution in [0.5, 0.6) is 0 Å². The van der Waals surface area contributed by atoms with Gasteiger partial charge in [-0.15, -0.1) is 0 Å². The van der Waals surface area contributed by atoms with Gasteiger partial charge >= 0.3 is 11.9 Å². The van der Waals surface area contributed by atoms with Crippen LogP contribution in [-0.4, -0.2) is 48.0 Å². The van der Waals surface area contributed by atoms with Crippen LogP contribution in [0.15, 0.2) is 46.1 Å². The van der Waals surface area contributed by atoms with Gasteiger partial charge < -0.3 is 14.6 Å². The second kappa shape index (κ2) is 7.44. The maximum Gasteiger partial charge on any atom is 0.394 e.